The normalized spacial score (nSPS) is 17.5. The van der Waals surface area contributed by atoms with Crippen LogP contribution in [-0.4, -0.2) is 5.60 Å². The van der Waals surface area contributed by atoms with Crippen molar-refractivity contribution in [1.29, 1.82) is 0 Å². The van der Waals surface area contributed by atoms with Gasteiger partial charge in [0.25, 0.3) is 0 Å². The van der Waals surface area contributed by atoms with Crippen LogP contribution in [0.3, 0.4) is 0 Å². The van der Waals surface area contributed by atoms with E-state index < -0.39 is 0 Å². The van der Waals surface area contributed by atoms with Crippen molar-refractivity contribution in [1.82, 2.24) is 0 Å². The maximum Gasteiger partial charge on any atom is 0.168 e. The van der Waals surface area contributed by atoms with Gasteiger partial charge in [-0.1, -0.05) is 36.3 Å². The zero-order valence-corrected chi connectivity index (χ0v) is 10.4. The Morgan fingerprint density at radius 3 is 2.44 bits per heavy atom. The summed E-state index contributed by atoms with van der Waals surface area (Å²) in [4.78, 5) is 0. The molecule has 1 aliphatic carbocycles. The van der Waals surface area contributed by atoms with E-state index in [1.165, 1.54) is 10.8 Å². The molecule has 2 aromatic rings. The highest BCUT2D eigenvalue weighted by Crippen LogP contribution is 2.34. The smallest absolute Gasteiger partial charge is 0.168 e. The van der Waals surface area contributed by atoms with Crippen LogP contribution in [0.2, 0.25) is 0 Å². The van der Waals surface area contributed by atoms with E-state index in [1.807, 2.05) is 18.2 Å². The van der Waals surface area contributed by atoms with E-state index in [9.17, 15) is 0 Å². The average molecular weight is 236 g/mol. The van der Waals surface area contributed by atoms with E-state index >= 15 is 0 Å². The van der Waals surface area contributed by atoms with Gasteiger partial charge >= 0.3 is 0 Å². The second kappa shape index (κ2) is 4.38. The molecule has 0 aromatic heterocycles. The first-order valence-electron chi connectivity index (χ1n) is 6.47. The van der Waals surface area contributed by atoms with E-state index in [2.05, 4.69) is 30.2 Å². The fourth-order valence-corrected chi connectivity index (χ4v) is 2.68. The van der Waals surface area contributed by atoms with Crippen molar-refractivity contribution in [2.24, 2.45) is 0 Å². The number of hydrogen-bond acceptors (Lipinski definition) is 1. The summed E-state index contributed by atoms with van der Waals surface area (Å²) in [6.07, 6.45) is 9.92. The van der Waals surface area contributed by atoms with Gasteiger partial charge in [0.1, 0.15) is 5.75 Å². The molecular formula is C17H16O. The SMILES string of the molecule is C#CC1(Oc2ccc3ccccc3c2)CCCC1. The van der Waals surface area contributed by atoms with Crippen molar-refractivity contribution in [3.63, 3.8) is 0 Å². The molecule has 0 aliphatic heterocycles. The summed E-state index contributed by atoms with van der Waals surface area (Å²) in [6.45, 7) is 0. The Morgan fingerprint density at radius 1 is 1.00 bits per heavy atom. The van der Waals surface area contributed by atoms with Gasteiger partial charge in [0.05, 0.1) is 0 Å². The number of hydrogen-bond donors (Lipinski definition) is 0. The molecule has 1 nitrogen and oxygen atoms in total. The van der Waals surface area contributed by atoms with E-state index in [-0.39, 0.29) is 5.60 Å². The molecule has 0 radical (unpaired) electrons. The molecule has 1 heteroatoms. The van der Waals surface area contributed by atoms with Crippen LogP contribution in [0.5, 0.6) is 5.75 Å². The van der Waals surface area contributed by atoms with Crippen molar-refractivity contribution in [2.45, 2.75) is 31.3 Å². The third kappa shape index (κ3) is 1.95. The van der Waals surface area contributed by atoms with Crippen LogP contribution in [0.4, 0.5) is 0 Å². The van der Waals surface area contributed by atoms with Gasteiger partial charge in [-0.25, -0.2) is 0 Å². The summed E-state index contributed by atoms with van der Waals surface area (Å²) >= 11 is 0. The molecule has 0 N–H and O–H groups in total. The minimum atomic E-state index is -0.373. The van der Waals surface area contributed by atoms with Gasteiger partial charge in [0.15, 0.2) is 5.60 Å². The molecule has 1 saturated carbocycles. The molecule has 0 bridgehead atoms. The van der Waals surface area contributed by atoms with Gasteiger partial charge in [0, 0.05) is 0 Å². The van der Waals surface area contributed by atoms with Crippen molar-refractivity contribution >= 4 is 10.8 Å². The quantitative estimate of drug-likeness (QED) is 0.711. The summed E-state index contributed by atoms with van der Waals surface area (Å²) in [5.74, 6) is 3.73. The molecule has 3 rings (SSSR count). The summed E-state index contributed by atoms with van der Waals surface area (Å²) in [7, 11) is 0. The van der Waals surface area contributed by atoms with Gasteiger partial charge < -0.3 is 4.74 Å². The van der Waals surface area contributed by atoms with Crippen molar-refractivity contribution in [2.75, 3.05) is 0 Å². The first-order chi connectivity index (χ1) is 8.81. The van der Waals surface area contributed by atoms with Crippen LogP contribution in [0, 0.1) is 12.3 Å². The van der Waals surface area contributed by atoms with Crippen molar-refractivity contribution in [3.05, 3.63) is 42.5 Å². The molecular weight excluding hydrogens is 220 g/mol. The van der Waals surface area contributed by atoms with Gasteiger partial charge in [-0.2, -0.15) is 0 Å². The second-order valence-electron chi connectivity index (χ2n) is 4.96. The Hall–Kier alpha value is -1.94. The lowest BCUT2D eigenvalue weighted by molar-refractivity contribution is 0.139. The van der Waals surface area contributed by atoms with Crippen molar-refractivity contribution < 1.29 is 4.74 Å². The zero-order chi connectivity index (χ0) is 12.4. The molecule has 2 aromatic carbocycles. The Bertz CT molecular complexity index is 600. The van der Waals surface area contributed by atoms with Gasteiger partial charge in [0.2, 0.25) is 0 Å². The Labute approximate surface area is 108 Å². The number of rotatable bonds is 2. The Morgan fingerprint density at radius 2 is 1.72 bits per heavy atom. The maximum absolute atomic E-state index is 6.08. The van der Waals surface area contributed by atoms with E-state index in [4.69, 9.17) is 11.2 Å². The van der Waals surface area contributed by atoms with Crippen LogP contribution in [0.25, 0.3) is 10.8 Å². The molecule has 18 heavy (non-hydrogen) atoms. The largest absolute Gasteiger partial charge is 0.475 e. The number of ether oxygens (including phenoxy) is 1. The highest BCUT2D eigenvalue weighted by atomic mass is 16.5. The molecule has 1 aliphatic rings. The monoisotopic (exact) mass is 236 g/mol. The standard InChI is InChI=1S/C17H16O/c1-2-17(11-5-6-12-17)18-16-10-9-14-7-3-4-8-15(14)13-16/h1,3-4,7-10,13H,5-6,11-12H2. The fraction of sp³-hybridized carbons (Fsp3) is 0.294. The average Bonchev–Trinajstić information content (AvgIpc) is 2.88. The first-order valence-corrected chi connectivity index (χ1v) is 6.47. The number of benzene rings is 2. The lowest BCUT2D eigenvalue weighted by atomic mass is 10.0. The molecule has 0 unspecified atom stereocenters. The van der Waals surface area contributed by atoms with Crippen LogP contribution in [0.1, 0.15) is 25.7 Å². The molecule has 0 saturated heterocycles. The first kappa shape index (κ1) is 11.2. The Kier molecular flexibility index (Phi) is 2.72. The minimum absolute atomic E-state index is 0.373. The molecule has 0 atom stereocenters. The Balaban J connectivity index is 1.93. The van der Waals surface area contributed by atoms with Crippen LogP contribution in [0.15, 0.2) is 42.5 Å². The number of fused-ring (bicyclic) bond motifs is 1. The summed E-state index contributed by atoms with van der Waals surface area (Å²) in [5.41, 5.74) is -0.373. The third-order valence-corrected chi connectivity index (χ3v) is 3.71. The summed E-state index contributed by atoms with van der Waals surface area (Å²) in [6, 6.07) is 14.5. The van der Waals surface area contributed by atoms with Gasteiger partial charge in [-0.3, -0.25) is 0 Å². The fourth-order valence-electron chi connectivity index (χ4n) is 2.68. The van der Waals surface area contributed by atoms with E-state index in [0.717, 1.165) is 31.4 Å². The minimum Gasteiger partial charge on any atom is -0.475 e. The maximum atomic E-state index is 6.08. The molecule has 0 spiro atoms. The predicted molar refractivity (Wildman–Crippen MR) is 74.6 cm³/mol. The predicted octanol–water partition coefficient (Wildman–Crippen LogP) is 4.16. The molecule has 0 amide bonds. The highest BCUT2D eigenvalue weighted by Gasteiger charge is 2.33. The summed E-state index contributed by atoms with van der Waals surface area (Å²) in [5, 5.41) is 2.42. The third-order valence-electron chi connectivity index (χ3n) is 3.71. The van der Waals surface area contributed by atoms with Crippen molar-refractivity contribution in [3.8, 4) is 18.1 Å². The van der Waals surface area contributed by atoms with Crippen LogP contribution < -0.4 is 4.74 Å². The lowest BCUT2D eigenvalue weighted by Crippen LogP contribution is -2.30. The molecule has 0 heterocycles. The number of terminal acetylenes is 1. The lowest BCUT2D eigenvalue weighted by Gasteiger charge is -2.24. The van der Waals surface area contributed by atoms with Crippen LogP contribution in [-0.2, 0) is 0 Å². The highest BCUT2D eigenvalue weighted by molar-refractivity contribution is 5.83. The van der Waals surface area contributed by atoms with Crippen LogP contribution >= 0.6 is 0 Å². The summed E-state index contributed by atoms with van der Waals surface area (Å²) < 4.78 is 6.08. The van der Waals surface area contributed by atoms with Gasteiger partial charge in [-0.15, -0.1) is 6.42 Å². The van der Waals surface area contributed by atoms with Gasteiger partial charge in [-0.05, 0) is 48.6 Å². The van der Waals surface area contributed by atoms with E-state index in [1.54, 1.807) is 0 Å². The topological polar surface area (TPSA) is 9.23 Å². The van der Waals surface area contributed by atoms with E-state index in [0.29, 0.717) is 0 Å². The zero-order valence-electron chi connectivity index (χ0n) is 10.4. The molecule has 1 fully saturated rings. The molecule has 90 valence electrons. The second-order valence-corrected chi connectivity index (χ2v) is 4.96.